The standard InChI is InChI=1S/C31H44N2/c1-4-6-8-9-10-17-22-29(30-32-23-25-33(30)24-7-5-2)31(3,28-20-15-12-16-21-28)26-27-18-13-11-14-19-27/h11-16,18-21,23,25,29H,4-10,17,22,24,26H2,1-3H3/p+1. The van der Waals surface area contributed by atoms with Crippen LogP contribution in [0.25, 0.3) is 0 Å². The molecule has 0 saturated heterocycles. The molecule has 0 spiro atoms. The molecule has 0 amide bonds. The van der Waals surface area contributed by atoms with E-state index in [-0.39, 0.29) is 5.41 Å². The van der Waals surface area contributed by atoms with Gasteiger partial charge in [-0.2, -0.15) is 0 Å². The van der Waals surface area contributed by atoms with E-state index in [1.165, 1.54) is 74.7 Å². The predicted molar refractivity (Wildman–Crippen MR) is 141 cm³/mol. The van der Waals surface area contributed by atoms with Gasteiger partial charge >= 0.3 is 0 Å². The van der Waals surface area contributed by atoms with Crippen LogP contribution in [-0.4, -0.2) is 4.98 Å². The molecule has 33 heavy (non-hydrogen) atoms. The number of imidazole rings is 1. The Morgan fingerprint density at radius 3 is 2.12 bits per heavy atom. The van der Waals surface area contributed by atoms with Crippen molar-refractivity contribution in [2.75, 3.05) is 0 Å². The molecule has 1 aromatic heterocycles. The van der Waals surface area contributed by atoms with Crippen LogP contribution in [0.2, 0.25) is 0 Å². The van der Waals surface area contributed by atoms with E-state index >= 15 is 0 Å². The summed E-state index contributed by atoms with van der Waals surface area (Å²) >= 11 is 0. The van der Waals surface area contributed by atoms with Gasteiger partial charge in [0.05, 0.1) is 12.5 Å². The average molecular weight is 446 g/mol. The Morgan fingerprint density at radius 2 is 1.42 bits per heavy atom. The zero-order chi connectivity index (χ0) is 23.4. The molecular formula is C31H45N2+. The van der Waals surface area contributed by atoms with Crippen molar-refractivity contribution in [3.63, 3.8) is 0 Å². The first-order valence-electron chi connectivity index (χ1n) is 13.3. The van der Waals surface area contributed by atoms with Crippen molar-refractivity contribution in [1.82, 2.24) is 4.98 Å². The summed E-state index contributed by atoms with van der Waals surface area (Å²) < 4.78 is 2.50. The van der Waals surface area contributed by atoms with Crippen LogP contribution in [0.5, 0.6) is 0 Å². The van der Waals surface area contributed by atoms with E-state index in [0.717, 1.165) is 13.0 Å². The summed E-state index contributed by atoms with van der Waals surface area (Å²) in [6, 6.07) is 22.3. The SMILES string of the molecule is CCCCCCCCC(c1[nH]cc[n+]1CCCC)C(C)(Cc1ccccc1)c1ccccc1. The second kappa shape index (κ2) is 13.4. The Hall–Kier alpha value is -2.35. The lowest BCUT2D eigenvalue weighted by Gasteiger charge is -2.37. The molecule has 0 bridgehead atoms. The fourth-order valence-electron chi connectivity index (χ4n) is 5.35. The molecule has 178 valence electrons. The maximum atomic E-state index is 3.70. The summed E-state index contributed by atoms with van der Waals surface area (Å²) in [5, 5.41) is 0. The van der Waals surface area contributed by atoms with Gasteiger partial charge in [0, 0.05) is 5.41 Å². The molecule has 0 aliphatic heterocycles. The first-order chi connectivity index (χ1) is 16.2. The summed E-state index contributed by atoms with van der Waals surface area (Å²) in [5.74, 6) is 1.84. The van der Waals surface area contributed by atoms with Gasteiger partial charge in [-0.15, -0.1) is 0 Å². The van der Waals surface area contributed by atoms with Gasteiger partial charge in [0.15, 0.2) is 0 Å². The molecule has 3 rings (SSSR count). The number of aryl methyl sites for hydroxylation is 1. The molecule has 0 fully saturated rings. The smallest absolute Gasteiger partial charge is 0.247 e. The highest BCUT2D eigenvalue weighted by Crippen LogP contribution is 2.43. The third kappa shape index (κ3) is 7.06. The topological polar surface area (TPSA) is 19.7 Å². The number of aromatic nitrogens is 2. The highest BCUT2D eigenvalue weighted by Gasteiger charge is 2.41. The van der Waals surface area contributed by atoms with E-state index in [1.54, 1.807) is 0 Å². The molecular weight excluding hydrogens is 400 g/mol. The Balaban J connectivity index is 1.95. The van der Waals surface area contributed by atoms with E-state index < -0.39 is 0 Å². The van der Waals surface area contributed by atoms with Gasteiger partial charge in [-0.25, -0.2) is 9.55 Å². The van der Waals surface area contributed by atoms with Crippen LogP contribution in [0.15, 0.2) is 73.1 Å². The van der Waals surface area contributed by atoms with Gasteiger partial charge in [0.25, 0.3) is 5.82 Å². The molecule has 0 aliphatic carbocycles. The maximum absolute atomic E-state index is 3.70. The summed E-state index contributed by atoms with van der Waals surface area (Å²) in [7, 11) is 0. The van der Waals surface area contributed by atoms with Gasteiger partial charge in [-0.3, -0.25) is 0 Å². The number of H-pyrrole nitrogens is 1. The monoisotopic (exact) mass is 445 g/mol. The van der Waals surface area contributed by atoms with E-state index in [0.29, 0.717) is 5.92 Å². The van der Waals surface area contributed by atoms with Crippen molar-refractivity contribution >= 4 is 0 Å². The predicted octanol–water partition coefficient (Wildman–Crippen LogP) is 8.14. The minimum atomic E-state index is 0.0187. The zero-order valence-electron chi connectivity index (χ0n) is 21.2. The van der Waals surface area contributed by atoms with Crippen molar-refractivity contribution in [2.45, 2.75) is 103 Å². The molecule has 2 heteroatoms. The normalized spacial score (nSPS) is 14.2. The van der Waals surface area contributed by atoms with Crippen molar-refractivity contribution < 1.29 is 4.57 Å². The van der Waals surface area contributed by atoms with Gasteiger partial charge in [0.1, 0.15) is 12.4 Å². The number of nitrogens with zero attached hydrogens (tertiary/aromatic N) is 1. The average Bonchev–Trinajstić information content (AvgIpc) is 3.31. The van der Waals surface area contributed by atoms with E-state index in [1.807, 2.05) is 0 Å². The fraction of sp³-hybridized carbons (Fsp3) is 0.516. The number of benzene rings is 2. The number of unbranched alkanes of at least 4 members (excludes halogenated alkanes) is 6. The van der Waals surface area contributed by atoms with Gasteiger partial charge in [0.2, 0.25) is 0 Å². The molecule has 3 aromatic rings. The molecule has 2 aromatic carbocycles. The Morgan fingerprint density at radius 1 is 0.788 bits per heavy atom. The minimum Gasteiger partial charge on any atom is -0.247 e. The maximum Gasteiger partial charge on any atom is 0.258 e. The van der Waals surface area contributed by atoms with Gasteiger partial charge in [-0.05, 0) is 30.4 Å². The van der Waals surface area contributed by atoms with E-state index in [9.17, 15) is 0 Å². The molecule has 0 aliphatic rings. The van der Waals surface area contributed by atoms with Crippen LogP contribution in [0.1, 0.15) is 101 Å². The summed E-state index contributed by atoms with van der Waals surface area (Å²) in [6.07, 6.45) is 17.2. The zero-order valence-corrected chi connectivity index (χ0v) is 21.2. The van der Waals surface area contributed by atoms with E-state index in [4.69, 9.17) is 0 Å². The molecule has 1 N–H and O–H groups in total. The first-order valence-corrected chi connectivity index (χ1v) is 13.3. The first kappa shape index (κ1) is 25.3. The third-order valence-electron chi connectivity index (χ3n) is 7.34. The number of nitrogens with one attached hydrogen (secondary N) is 1. The van der Waals surface area contributed by atoms with Crippen molar-refractivity contribution in [3.05, 3.63) is 90.0 Å². The number of aromatic amines is 1. The van der Waals surface area contributed by atoms with E-state index in [2.05, 4.69) is 103 Å². The largest absolute Gasteiger partial charge is 0.258 e. The molecule has 0 saturated carbocycles. The van der Waals surface area contributed by atoms with Crippen LogP contribution >= 0.6 is 0 Å². The van der Waals surface area contributed by atoms with Crippen LogP contribution in [0.3, 0.4) is 0 Å². The fourth-order valence-corrected chi connectivity index (χ4v) is 5.35. The molecule has 2 nitrogen and oxygen atoms in total. The second-order valence-corrected chi connectivity index (χ2v) is 9.95. The quantitative estimate of drug-likeness (QED) is 0.180. The summed E-state index contributed by atoms with van der Waals surface area (Å²) in [5.41, 5.74) is 2.88. The summed E-state index contributed by atoms with van der Waals surface area (Å²) in [6.45, 7) is 8.18. The number of hydrogen-bond acceptors (Lipinski definition) is 0. The molecule has 2 unspecified atom stereocenters. The van der Waals surface area contributed by atoms with Crippen LogP contribution in [0, 0.1) is 0 Å². The van der Waals surface area contributed by atoms with Crippen LogP contribution in [-0.2, 0) is 18.4 Å². The van der Waals surface area contributed by atoms with Crippen molar-refractivity contribution in [3.8, 4) is 0 Å². The molecule has 0 radical (unpaired) electrons. The lowest BCUT2D eigenvalue weighted by Crippen LogP contribution is -2.43. The highest BCUT2D eigenvalue weighted by atomic mass is 15.1. The Labute approximate surface area is 202 Å². The number of hydrogen-bond donors (Lipinski definition) is 1. The lowest BCUT2D eigenvalue weighted by molar-refractivity contribution is -0.705. The minimum absolute atomic E-state index is 0.0187. The van der Waals surface area contributed by atoms with Crippen LogP contribution < -0.4 is 4.57 Å². The van der Waals surface area contributed by atoms with Gasteiger partial charge in [-0.1, -0.05) is 126 Å². The van der Waals surface area contributed by atoms with Crippen molar-refractivity contribution in [2.24, 2.45) is 0 Å². The van der Waals surface area contributed by atoms with Gasteiger partial charge < -0.3 is 0 Å². The number of rotatable bonds is 15. The Bertz CT molecular complexity index is 899. The molecule has 2 atom stereocenters. The van der Waals surface area contributed by atoms with Crippen LogP contribution in [0.4, 0.5) is 0 Å². The Kier molecular flexibility index (Phi) is 10.2. The third-order valence-corrected chi connectivity index (χ3v) is 7.34. The van der Waals surface area contributed by atoms with Crippen molar-refractivity contribution in [1.29, 1.82) is 0 Å². The highest BCUT2D eigenvalue weighted by molar-refractivity contribution is 5.32. The lowest BCUT2D eigenvalue weighted by atomic mass is 9.66. The molecule has 1 heterocycles. The summed E-state index contributed by atoms with van der Waals surface area (Å²) in [4.78, 5) is 3.70. The second-order valence-electron chi connectivity index (χ2n) is 9.95.